The molecule has 15 heteroatoms. The predicted octanol–water partition coefficient (Wildman–Crippen LogP) is 1.31. The van der Waals surface area contributed by atoms with Gasteiger partial charge < -0.3 is 36.8 Å². The molecule has 12 nitrogen and oxygen atoms in total. The van der Waals surface area contributed by atoms with Crippen LogP contribution >= 0.6 is 0 Å². The number of aromatic hydroxyl groups is 1. The molecule has 1 aromatic carbocycles. The standard InChI is InChI=1S/C28H33F3N4O8/c1-26(2,3)33-9-15(36)34-14-8-12(28(29,30)31)11-6-10-7-13-19(35(4)5)22(39)18(25(32)42)24(41)27(13,43)23(40)16(10)21(38)17(11)20(14)37/h8,10,13,19,33,37-38,41,43H,6-7,9H2,1-5H3,(H2,32,42)(H,34,36)/t10-,13-,19-,27-/m0/s1. The van der Waals surface area contributed by atoms with Gasteiger partial charge in [-0.05, 0) is 65.3 Å². The quantitative estimate of drug-likeness (QED) is 0.188. The molecule has 43 heavy (non-hydrogen) atoms. The van der Waals surface area contributed by atoms with E-state index in [1.54, 1.807) is 20.8 Å². The van der Waals surface area contributed by atoms with Gasteiger partial charge in [-0.3, -0.25) is 24.1 Å². The number of benzene rings is 1. The number of fused-ring (bicyclic) bond motifs is 3. The predicted molar refractivity (Wildman–Crippen MR) is 146 cm³/mol. The second kappa shape index (κ2) is 10.3. The molecule has 0 unspecified atom stereocenters. The van der Waals surface area contributed by atoms with Crippen LogP contribution in [0, 0.1) is 11.8 Å². The first kappa shape index (κ1) is 32.0. The van der Waals surface area contributed by atoms with Gasteiger partial charge in [0.1, 0.15) is 22.8 Å². The average Bonchev–Trinajstić information content (AvgIpc) is 2.85. The Hall–Kier alpha value is -3.95. The lowest BCUT2D eigenvalue weighted by atomic mass is 9.57. The van der Waals surface area contributed by atoms with Crippen LogP contribution in [0.3, 0.4) is 0 Å². The van der Waals surface area contributed by atoms with E-state index in [2.05, 4.69) is 10.6 Å². The highest BCUT2D eigenvalue weighted by Gasteiger charge is 2.64. The summed E-state index contributed by atoms with van der Waals surface area (Å²) in [6, 6.07) is -0.852. The lowest BCUT2D eigenvalue weighted by Gasteiger charge is -2.50. The number of aliphatic hydroxyl groups excluding tert-OH is 2. The summed E-state index contributed by atoms with van der Waals surface area (Å²) in [5, 5.41) is 49.9. The Morgan fingerprint density at radius 3 is 2.26 bits per heavy atom. The van der Waals surface area contributed by atoms with Crippen LogP contribution in [0.1, 0.15) is 43.9 Å². The molecule has 1 aromatic rings. The van der Waals surface area contributed by atoms with Crippen LogP contribution in [0.5, 0.6) is 5.75 Å². The van der Waals surface area contributed by atoms with Gasteiger partial charge in [0.05, 0.1) is 29.4 Å². The summed E-state index contributed by atoms with van der Waals surface area (Å²) in [6.45, 7) is 4.92. The minimum atomic E-state index is -5.03. The summed E-state index contributed by atoms with van der Waals surface area (Å²) in [5.74, 6) is -10.6. The van der Waals surface area contributed by atoms with Crippen molar-refractivity contribution >= 4 is 34.8 Å². The number of carbonyl (C=O) groups is 4. The molecule has 8 N–H and O–H groups in total. The summed E-state index contributed by atoms with van der Waals surface area (Å²) in [5.41, 5.74) is -3.16. The van der Waals surface area contributed by atoms with Crippen molar-refractivity contribution in [3.05, 3.63) is 39.7 Å². The van der Waals surface area contributed by atoms with E-state index < -0.39 is 116 Å². The van der Waals surface area contributed by atoms with Gasteiger partial charge in [0.15, 0.2) is 11.4 Å². The van der Waals surface area contributed by atoms with E-state index in [4.69, 9.17) is 5.73 Å². The first-order chi connectivity index (χ1) is 19.6. The molecule has 0 spiro atoms. The van der Waals surface area contributed by atoms with Gasteiger partial charge in [-0.25, -0.2) is 0 Å². The minimum absolute atomic E-state index is 0.330. The number of hydrogen-bond acceptors (Lipinski definition) is 10. The Morgan fingerprint density at radius 2 is 1.74 bits per heavy atom. The molecule has 4 atom stereocenters. The van der Waals surface area contributed by atoms with Crippen LogP contribution in [-0.2, 0) is 31.8 Å². The van der Waals surface area contributed by atoms with Crippen molar-refractivity contribution in [1.82, 2.24) is 10.2 Å². The molecule has 2 amide bonds. The van der Waals surface area contributed by atoms with Crippen LogP contribution in [0.4, 0.5) is 18.9 Å². The number of phenols is 1. The number of rotatable bonds is 5. The van der Waals surface area contributed by atoms with Crippen LogP contribution < -0.4 is 16.4 Å². The van der Waals surface area contributed by atoms with Crippen molar-refractivity contribution in [3.63, 3.8) is 0 Å². The number of primary amides is 1. The maximum absolute atomic E-state index is 14.3. The van der Waals surface area contributed by atoms with E-state index >= 15 is 0 Å². The van der Waals surface area contributed by atoms with E-state index in [1.807, 2.05) is 0 Å². The number of nitrogens with one attached hydrogen (secondary N) is 2. The number of nitrogens with two attached hydrogens (primary N) is 1. The summed E-state index contributed by atoms with van der Waals surface area (Å²) in [6.07, 6.45) is -5.96. The van der Waals surface area contributed by atoms with E-state index in [0.29, 0.717) is 6.07 Å². The number of anilines is 1. The maximum Gasteiger partial charge on any atom is 0.416 e. The molecule has 3 aliphatic rings. The van der Waals surface area contributed by atoms with E-state index in [1.165, 1.54) is 19.0 Å². The number of carbonyl (C=O) groups excluding carboxylic acids is 4. The molecule has 4 rings (SSSR count). The molecular formula is C28H33F3N4O8. The number of alkyl halides is 3. The fraction of sp³-hybridized carbons (Fsp3) is 0.500. The number of nitrogens with zero attached hydrogens (tertiary/aromatic N) is 1. The lowest BCUT2D eigenvalue weighted by Crippen LogP contribution is -2.65. The molecule has 0 bridgehead atoms. The second-order valence-corrected chi connectivity index (χ2v) is 12.3. The number of amides is 2. The topological polar surface area (TPSA) is 203 Å². The van der Waals surface area contributed by atoms with Crippen molar-refractivity contribution in [2.75, 3.05) is 26.0 Å². The van der Waals surface area contributed by atoms with Crippen LogP contribution in [-0.4, -0.2) is 86.5 Å². The molecule has 0 aromatic heterocycles. The highest BCUT2D eigenvalue weighted by atomic mass is 19.4. The number of halogens is 3. The minimum Gasteiger partial charge on any atom is -0.508 e. The zero-order valence-corrected chi connectivity index (χ0v) is 24.0. The summed E-state index contributed by atoms with van der Waals surface area (Å²) in [4.78, 5) is 52.9. The zero-order chi connectivity index (χ0) is 32.6. The fourth-order valence-corrected chi connectivity index (χ4v) is 6.20. The van der Waals surface area contributed by atoms with Gasteiger partial charge in [0.25, 0.3) is 5.91 Å². The van der Waals surface area contributed by atoms with Gasteiger partial charge >= 0.3 is 6.18 Å². The zero-order valence-electron chi connectivity index (χ0n) is 24.0. The molecule has 1 fully saturated rings. The molecule has 0 saturated heterocycles. The Bertz CT molecular complexity index is 1510. The highest BCUT2D eigenvalue weighted by molar-refractivity contribution is 6.24. The first-order valence-corrected chi connectivity index (χ1v) is 13.3. The van der Waals surface area contributed by atoms with Gasteiger partial charge in [0, 0.05) is 17.0 Å². The lowest BCUT2D eigenvalue weighted by molar-refractivity contribution is -0.153. The molecule has 0 aliphatic heterocycles. The first-order valence-electron chi connectivity index (χ1n) is 13.3. The third kappa shape index (κ3) is 5.14. The third-order valence-electron chi connectivity index (χ3n) is 8.08. The maximum atomic E-state index is 14.3. The van der Waals surface area contributed by atoms with Crippen LogP contribution in [0.2, 0.25) is 0 Å². The Balaban J connectivity index is 1.92. The largest absolute Gasteiger partial charge is 0.508 e. The average molecular weight is 611 g/mol. The number of Topliss-reactive ketones (excluding diaryl/α,β-unsaturated/α-hetero) is 2. The Labute approximate surface area is 244 Å². The van der Waals surface area contributed by atoms with Crippen molar-refractivity contribution in [2.45, 2.75) is 57.0 Å². The van der Waals surface area contributed by atoms with E-state index in [-0.39, 0.29) is 13.0 Å². The normalized spacial score (nSPS) is 25.9. The summed E-state index contributed by atoms with van der Waals surface area (Å²) >= 11 is 0. The smallest absolute Gasteiger partial charge is 0.416 e. The van der Waals surface area contributed by atoms with Crippen LogP contribution in [0.15, 0.2) is 23.0 Å². The highest BCUT2D eigenvalue weighted by Crippen LogP contribution is 2.55. The van der Waals surface area contributed by atoms with Gasteiger partial charge in [-0.15, -0.1) is 0 Å². The SMILES string of the molecule is CN(C)[C@@H]1C(=O)C(C(N)=O)=C(O)[C@@]2(O)C(=O)C3=C(O)c4c(O)c(NC(=O)CNC(C)(C)C)cc(C(F)(F)F)c4C[C@H]3C[C@@H]12. The van der Waals surface area contributed by atoms with Gasteiger partial charge in [-0.1, -0.05) is 0 Å². The number of ketones is 2. The third-order valence-corrected chi connectivity index (χ3v) is 8.08. The second-order valence-electron chi connectivity index (χ2n) is 12.3. The number of aliphatic hydroxyl groups is 3. The Kier molecular flexibility index (Phi) is 7.69. The number of hydrogen-bond donors (Lipinski definition) is 7. The number of likely N-dealkylation sites (N-methyl/N-ethyl adjacent to an activating group) is 1. The van der Waals surface area contributed by atoms with Crippen molar-refractivity contribution in [1.29, 1.82) is 0 Å². The van der Waals surface area contributed by atoms with Crippen molar-refractivity contribution in [3.8, 4) is 5.75 Å². The van der Waals surface area contributed by atoms with Crippen molar-refractivity contribution < 1.29 is 52.8 Å². The van der Waals surface area contributed by atoms with Crippen LogP contribution in [0.25, 0.3) is 5.76 Å². The molecule has 1 saturated carbocycles. The van der Waals surface area contributed by atoms with Gasteiger partial charge in [0.2, 0.25) is 11.7 Å². The van der Waals surface area contributed by atoms with E-state index in [9.17, 15) is 52.8 Å². The fourth-order valence-electron chi connectivity index (χ4n) is 6.20. The molecular weight excluding hydrogens is 577 g/mol. The molecule has 0 heterocycles. The molecule has 0 radical (unpaired) electrons. The number of phenolic OH excluding ortho intramolecular Hbond substituents is 1. The summed E-state index contributed by atoms with van der Waals surface area (Å²) < 4.78 is 43.0. The summed E-state index contributed by atoms with van der Waals surface area (Å²) in [7, 11) is 2.81. The van der Waals surface area contributed by atoms with Gasteiger partial charge in [-0.2, -0.15) is 13.2 Å². The molecule has 234 valence electrons. The molecule has 3 aliphatic carbocycles. The monoisotopic (exact) mass is 610 g/mol. The van der Waals surface area contributed by atoms with Crippen molar-refractivity contribution in [2.24, 2.45) is 17.6 Å². The van der Waals surface area contributed by atoms with E-state index in [0.717, 1.165) is 0 Å². The Morgan fingerprint density at radius 1 is 1.14 bits per heavy atom.